The van der Waals surface area contributed by atoms with E-state index in [4.69, 9.17) is 0 Å². The van der Waals surface area contributed by atoms with Gasteiger partial charge in [-0.05, 0) is 31.2 Å². The molecule has 0 aromatic carbocycles. The topological polar surface area (TPSA) is 23.6 Å². The molecular weight excluding hydrogens is 232 g/mol. The minimum absolute atomic E-state index is 0.233. The predicted octanol–water partition coefficient (Wildman–Crippen LogP) is 1.50. The highest BCUT2D eigenvalue weighted by Gasteiger charge is 2.30. The SMILES string of the molecule is CC(=O)N1CCC(C(C)CN2CCC(S)C2)C1. The Hall–Kier alpha value is -0.220. The molecule has 0 aliphatic carbocycles. The summed E-state index contributed by atoms with van der Waals surface area (Å²) in [6, 6.07) is 0. The van der Waals surface area contributed by atoms with Crippen LogP contribution in [-0.4, -0.2) is 53.7 Å². The summed E-state index contributed by atoms with van der Waals surface area (Å²) in [7, 11) is 0. The van der Waals surface area contributed by atoms with E-state index >= 15 is 0 Å². The number of hydrogen-bond donors (Lipinski definition) is 1. The maximum absolute atomic E-state index is 11.3. The summed E-state index contributed by atoms with van der Waals surface area (Å²) >= 11 is 4.53. The van der Waals surface area contributed by atoms with E-state index in [0.717, 1.165) is 19.6 Å². The molecule has 0 aromatic rings. The lowest BCUT2D eigenvalue weighted by Crippen LogP contribution is -2.32. The van der Waals surface area contributed by atoms with Crippen molar-refractivity contribution in [1.82, 2.24) is 9.80 Å². The van der Waals surface area contributed by atoms with Gasteiger partial charge in [-0.1, -0.05) is 6.92 Å². The smallest absolute Gasteiger partial charge is 0.219 e. The number of thiol groups is 1. The molecule has 2 rings (SSSR count). The van der Waals surface area contributed by atoms with Crippen LogP contribution in [0.5, 0.6) is 0 Å². The Balaban J connectivity index is 1.77. The highest BCUT2D eigenvalue weighted by molar-refractivity contribution is 7.81. The van der Waals surface area contributed by atoms with Crippen molar-refractivity contribution in [3.63, 3.8) is 0 Å². The summed E-state index contributed by atoms with van der Waals surface area (Å²) in [6.45, 7) is 9.44. The van der Waals surface area contributed by atoms with Crippen molar-refractivity contribution in [2.45, 2.75) is 31.9 Å². The van der Waals surface area contributed by atoms with Gasteiger partial charge >= 0.3 is 0 Å². The Morgan fingerprint density at radius 2 is 2.12 bits per heavy atom. The van der Waals surface area contributed by atoms with Crippen LogP contribution in [0, 0.1) is 11.8 Å². The molecular formula is C13H24N2OS. The molecule has 0 spiro atoms. The average molecular weight is 256 g/mol. The monoisotopic (exact) mass is 256 g/mol. The number of rotatable bonds is 3. The molecule has 2 fully saturated rings. The molecule has 3 unspecified atom stereocenters. The molecule has 4 heteroatoms. The predicted molar refractivity (Wildman–Crippen MR) is 73.4 cm³/mol. The summed E-state index contributed by atoms with van der Waals surface area (Å²) in [6.07, 6.45) is 2.40. The third kappa shape index (κ3) is 3.38. The standard InChI is InChI=1S/C13H24N2OS/c1-10(7-14-5-4-13(17)9-14)12-3-6-15(8-12)11(2)16/h10,12-13,17H,3-9H2,1-2H3. The molecule has 0 bridgehead atoms. The van der Waals surface area contributed by atoms with E-state index in [9.17, 15) is 4.79 Å². The van der Waals surface area contributed by atoms with Gasteiger partial charge in [0.15, 0.2) is 0 Å². The van der Waals surface area contributed by atoms with Crippen molar-refractivity contribution in [3.8, 4) is 0 Å². The van der Waals surface area contributed by atoms with Gasteiger partial charge in [0.05, 0.1) is 0 Å². The fraction of sp³-hybridized carbons (Fsp3) is 0.923. The molecule has 2 saturated heterocycles. The fourth-order valence-electron chi connectivity index (χ4n) is 3.07. The van der Waals surface area contributed by atoms with Gasteiger partial charge in [-0.15, -0.1) is 0 Å². The molecule has 3 atom stereocenters. The van der Waals surface area contributed by atoms with Gasteiger partial charge in [0.1, 0.15) is 0 Å². The number of carbonyl (C=O) groups excluding carboxylic acids is 1. The Labute approximate surface area is 110 Å². The quantitative estimate of drug-likeness (QED) is 0.774. The van der Waals surface area contributed by atoms with E-state index in [1.807, 2.05) is 4.90 Å². The molecule has 0 radical (unpaired) electrons. The Morgan fingerprint density at radius 1 is 1.35 bits per heavy atom. The minimum Gasteiger partial charge on any atom is -0.343 e. The molecule has 2 aliphatic heterocycles. The van der Waals surface area contributed by atoms with Crippen molar-refractivity contribution < 1.29 is 4.79 Å². The lowest BCUT2D eigenvalue weighted by molar-refractivity contribution is -0.127. The van der Waals surface area contributed by atoms with E-state index in [1.54, 1.807) is 6.92 Å². The summed E-state index contributed by atoms with van der Waals surface area (Å²) in [5, 5.41) is 0.569. The normalized spacial score (nSPS) is 32.1. The van der Waals surface area contributed by atoms with Crippen molar-refractivity contribution in [2.24, 2.45) is 11.8 Å². The van der Waals surface area contributed by atoms with Crippen molar-refractivity contribution in [2.75, 3.05) is 32.7 Å². The van der Waals surface area contributed by atoms with E-state index in [-0.39, 0.29) is 5.91 Å². The van der Waals surface area contributed by atoms with E-state index in [0.29, 0.717) is 17.1 Å². The molecule has 0 saturated carbocycles. The van der Waals surface area contributed by atoms with Crippen molar-refractivity contribution in [3.05, 3.63) is 0 Å². The zero-order valence-corrected chi connectivity index (χ0v) is 11.8. The zero-order chi connectivity index (χ0) is 12.4. The first kappa shape index (κ1) is 13.2. The van der Waals surface area contributed by atoms with E-state index in [2.05, 4.69) is 24.5 Å². The highest BCUT2D eigenvalue weighted by Crippen LogP contribution is 2.26. The zero-order valence-electron chi connectivity index (χ0n) is 10.9. The molecule has 2 heterocycles. The second-order valence-corrected chi connectivity index (χ2v) is 6.42. The lowest BCUT2D eigenvalue weighted by atomic mass is 9.93. The Bertz CT molecular complexity index is 285. The van der Waals surface area contributed by atoms with Crippen LogP contribution in [0.25, 0.3) is 0 Å². The summed E-state index contributed by atoms with van der Waals surface area (Å²) in [5.41, 5.74) is 0. The van der Waals surface area contributed by atoms with Crippen molar-refractivity contribution in [1.29, 1.82) is 0 Å². The van der Waals surface area contributed by atoms with E-state index in [1.165, 1.54) is 25.9 Å². The van der Waals surface area contributed by atoms with Crippen LogP contribution in [-0.2, 0) is 4.79 Å². The highest BCUT2D eigenvalue weighted by atomic mass is 32.1. The molecule has 1 amide bonds. The van der Waals surface area contributed by atoms with Crippen LogP contribution in [0.15, 0.2) is 0 Å². The third-order valence-electron chi connectivity index (χ3n) is 4.27. The van der Waals surface area contributed by atoms with Crippen LogP contribution in [0.1, 0.15) is 26.7 Å². The van der Waals surface area contributed by atoms with Gasteiger partial charge in [0, 0.05) is 38.4 Å². The molecule has 17 heavy (non-hydrogen) atoms. The number of hydrogen-bond acceptors (Lipinski definition) is 3. The number of carbonyl (C=O) groups is 1. The Kier molecular flexibility index (Phi) is 4.36. The van der Waals surface area contributed by atoms with Gasteiger partial charge in [0.2, 0.25) is 5.91 Å². The number of nitrogens with zero attached hydrogens (tertiary/aromatic N) is 2. The minimum atomic E-state index is 0.233. The first-order valence-corrected chi connectivity index (χ1v) is 7.24. The number of likely N-dealkylation sites (tertiary alicyclic amines) is 2. The number of amides is 1. The maximum Gasteiger partial charge on any atom is 0.219 e. The van der Waals surface area contributed by atoms with Gasteiger partial charge in [-0.25, -0.2) is 0 Å². The van der Waals surface area contributed by atoms with Gasteiger partial charge in [-0.3, -0.25) is 4.79 Å². The van der Waals surface area contributed by atoms with Crippen LogP contribution < -0.4 is 0 Å². The molecule has 0 N–H and O–H groups in total. The van der Waals surface area contributed by atoms with Crippen molar-refractivity contribution >= 4 is 18.5 Å². The largest absolute Gasteiger partial charge is 0.343 e. The van der Waals surface area contributed by atoms with Crippen LogP contribution in [0.3, 0.4) is 0 Å². The van der Waals surface area contributed by atoms with Gasteiger partial charge < -0.3 is 9.80 Å². The lowest BCUT2D eigenvalue weighted by Gasteiger charge is -2.25. The molecule has 2 aliphatic rings. The Morgan fingerprint density at radius 3 is 2.65 bits per heavy atom. The third-order valence-corrected chi connectivity index (χ3v) is 4.69. The fourth-order valence-corrected chi connectivity index (χ4v) is 3.42. The summed E-state index contributed by atoms with van der Waals surface area (Å²) in [4.78, 5) is 15.8. The first-order valence-electron chi connectivity index (χ1n) is 6.72. The maximum atomic E-state index is 11.3. The van der Waals surface area contributed by atoms with Crippen LogP contribution >= 0.6 is 12.6 Å². The van der Waals surface area contributed by atoms with Gasteiger partial charge in [0.25, 0.3) is 0 Å². The van der Waals surface area contributed by atoms with Crippen LogP contribution in [0.2, 0.25) is 0 Å². The van der Waals surface area contributed by atoms with E-state index < -0.39 is 0 Å². The molecule has 0 aromatic heterocycles. The molecule has 3 nitrogen and oxygen atoms in total. The molecule has 98 valence electrons. The second-order valence-electron chi connectivity index (χ2n) is 5.69. The summed E-state index contributed by atoms with van der Waals surface area (Å²) < 4.78 is 0. The summed E-state index contributed by atoms with van der Waals surface area (Å²) in [5.74, 6) is 1.62. The first-order chi connectivity index (χ1) is 8.06. The second kappa shape index (κ2) is 5.61. The average Bonchev–Trinajstić information content (AvgIpc) is 2.86. The van der Waals surface area contributed by atoms with Gasteiger partial charge in [-0.2, -0.15) is 12.6 Å². The van der Waals surface area contributed by atoms with Crippen LogP contribution in [0.4, 0.5) is 0 Å².